The van der Waals surface area contributed by atoms with E-state index in [2.05, 4.69) is 33.6 Å². The summed E-state index contributed by atoms with van der Waals surface area (Å²) in [6, 6.07) is 12.4. The SMILES string of the molecule is Cc1ccc(C2NNCC2CNCc2cccc(NC(=O)C3CCCCC3)c2)o1. The number of hydrazine groups is 1. The summed E-state index contributed by atoms with van der Waals surface area (Å²) < 4.78 is 5.79. The van der Waals surface area contributed by atoms with E-state index in [1.807, 2.05) is 31.2 Å². The number of nitrogens with one attached hydrogen (secondary N) is 4. The number of anilines is 1. The minimum Gasteiger partial charge on any atom is -0.465 e. The van der Waals surface area contributed by atoms with Gasteiger partial charge >= 0.3 is 0 Å². The van der Waals surface area contributed by atoms with Crippen LogP contribution in [0.3, 0.4) is 0 Å². The molecule has 4 rings (SSSR count). The number of furan rings is 1. The highest BCUT2D eigenvalue weighted by molar-refractivity contribution is 5.92. The molecule has 2 aliphatic rings. The van der Waals surface area contributed by atoms with Crippen LogP contribution in [-0.2, 0) is 11.3 Å². The van der Waals surface area contributed by atoms with Gasteiger partial charge in [0.15, 0.2) is 0 Å². The molecular weight excluding hydrogens is 364 g/mol. The van der Waals surface area contributed by atoms with Crippen molar-refractivity contribution in [2.45, 2.75) is 51.6 Å². The average molecular weight is 397 g/mol. The van der Waals surface area contributed by atoms with Crippen LogP contribution >= 0.6 is 0 Å². The fourth-order valence-corrected chi connectivity index (χ4v) is 4.42. The van der Waals surface area contributed by atoms with E-state index < -0.39 is 0 Å². The first kappa shape index (κ1) is 20.1. The van der Waals surface area contributed by atoms with E-state index in [0.29, 0.717) is 5.92 Å². The number of aryl methyl sites for hydroxylation is 1. The van der Waals surface area contributed by atoms with Crippen LogP contribution in [0.4, 0.5) is 5.69 Å². The lowest BCUT2D eigenvalue weighted by atomic mass is 9.88. The van der Waals surface area contributed by atoms with Crippen molar-refractivity contribution in [3.8, 4) is 0 Å². The molecule has 0 radical (unpaired) electrons. The molecule has 1 amide bonds. The summed E-state index contributed by atoms with van der Waals surface area (Å²) in [7, 11) is 0. The van der Waals surface area contributed by atoms with Crippen LogP contribution in [0.5, 0.6) is 0 Å². The first-order valence-corrected chi connectivity index (χ1v) is 10.8. The van der Waals surface area contributed by atoms with Crippen molar-refractivity contribution in [1.29, 1.82) is 0 Å². The van der Waals surface area contributed by atoms with Gasteiger partial charge in [0.05, 0.1) is 6.04 Å². The molecule has 1 aromatic carbocycles. The van der Waals surface area contributed by atoms with Crippen molar-refractivity contribution >= 4 is 11.6 Å². The minimum absolute atomic E-state index is 0.175. The van der Waals surface area contributed by atoms with Crippen LogP contribution in [-0.4, -0.2) is 19.0 Å². The third kappa shape index (κ3) is 5.26. The summed E-state index contributed by atoms with van der Waals surface area (Å²) in [6.07, 6.45) is 5.65. The number of carbonyl (C=O) groups is 1. The Kier molecular flexibility index (Phi) is 6.64. The second kappa shape index (κ2) is 9.57. The van der Waals surface area contributed by atoms with Gasteiger partial charge in [0.2, 0.25) is 5.91 Å². The third-order valence-electron chi connectivity index (χ3n) is 6.07. The van der Waals surface area contributed by atoms with Gasteiger partial charge in [0.1, 0.15) is 11.5 Å². The van der Waals surface area contributed by atoms with E-state index in [1.165, 1.54) is 24.8 Å². The van der Waals surface area contributed by atoms with E-state index in [1.54, 1.807) is 0 Å². The minimum atomic E-state index is 0.175. The largest absolute Gasteiger partial charge is 0.465 e. The maximum atomic E-state index is 12.5. The summed E-state index contributed by atoms with van der Waals surface area (Å²) in [6.45, 7) is 4.52. The van der Waals surface area contributed by atoms with Crippen molar-refractivity contribution in [2.75, 3.05) is 18.4 Å². The lowest BCUT2D eigenvalue weighted by Crippen LogP contribution is -2.28. The fraction of sp³-hybridized carbons (Fsp3) is 0.522. The molecule has 1 aliphatic carbocycles. The summed E-state index contributed by atoms with van der Waals surface area (Å²) in [5.41, 5.74) is 8.63. The molecule has 1 aliphatic heterocycles. The lowest BCUT2D eigenvalue weighted by molar-refractivity contribution is -0.120. The zero-order valence-corrected chi connectivity index (χ0v) is 17.2. The van der Waals surface area contributed by atoms with E-state index >= 15 is 0 Å². The summed E-state index contributed by atoms with van der Waals surface area (Å²) in [5.74, 6) is 2.68. The molecule has 156 valence electrons. The van der Waals surface area contributed by atoms with E-state index in [9.17, 15) is 4.79 Å². The number of carbonyl (C=O) groups excluding carboxylic acids is 1. The molecule has 1 saturated heterocycles. The Bertz CT molecular complexity index is 813. The molecule has 1 aromatic heterocycles. The van der Waals surface area contributed by atoms with Gasteiger partial charge in [-0.2, -0.15) is 0 Å². The van der Waals surface area contributed by atoms with Gasteiger partial charge in [-0.3, -0.25) is 10.2 Å². The zero-order chi connectivity index (χ0) is 20.1. The van der Waals surface area contributed by atoms with Crippen molar-refractivity contribution in [1.82, 2.24) is 16.2 Å². The van der Waals surface area contributed by atoms with Gasteiger partial charge in [-0.05, 0) is 49.6 Å². The second-order valence-electron chi connectivity index (χ2n) is 8.37. The normalized spacial score (nSPS) is 22.7. The molecule has 2 atom stereocenters. The lowest BCUT2D eigenvalue weighted by Gasteiger charge is -2.21. The van der Waals surface area contributed by atoms with E-state index in [-0.39, 0.29) is 17.9 Å². The molecule has 1 saturated carbocycles. The smallest absolute Gasteiger partial charge is 0.227 e. The quantitative estimate of drug-likeness (QED) is 0.574. The fourth-order valence-electron chi connectivity index (χ4n) is 4.42. The predicted molar refractivity (Wildman–Crippen MR) is 114 cm³/mol. The van der Waals surface area contributed by atoms with Crippen molar-refractivity contribution in [2.24, 2.45) is 11.8 Å². The van der Waals surface area contributed by atoms with Crippen LogP contribution < -0.4 is 21.5 Å². The van der Waals surface area contributed by atoms with E-state index in [4.69, 9.17) is 4.42 Å². The van der Waals surface area contributed by atoms with Gasteiger partial charge in [-0.25, -0.2) is 5.43 Å². The van der Waals surface area contributed by atoms with Gasteiger partial charge in [-0.15, -0.1) is 0 Å². The van der Waals surface area contributed by atoms with Crippen molar-refractivity contribution < 1.29 is 9.21 Å². The molecule has 2 fully saturated rings. The standard InChI is InChI=1S/C23H32N4O2/c1-16-10-11-21(29-16)22-19(15-25-27-22)14-24-13-17-6-5-9-20(12-17)26-23(28)18-7-3-2-4-8-18/h5-6,9-12,18-19,22,24-25,27H,2-4,7-8,13-15H2,1H3,(H,26,28). The topological polar surface area (TPSA) is 78.3 Å². The Morgan fingerprint density at radius 3 is 2.83 bits per heavy atom. The first-order valence-electron chi connectivity index (χ1n) is 10.8. The summed E-state index contributed by atoms with van der Waals surface area (Å²) >= 11 is 0. The van der Waals surface area contributed by atoms with Gasteiger partial charge in [-0.1, -0.05) is 31.4 Å². The second-order valence-corrected chi connectivity index (χ2v) is 8.37. The molecular formula is C23H32N4O2. The molecule has 2 unspecified atom stereocenters. The number of benzene rings is 1. The van der Waals surface area contributed by atoms with Crippen LogP contribution in [0.2, 0.25) is 0 Å². The highest BCUT2D eigenvalue weighted by Crippen LogP contribution is 2.27. The van der Waals surface area contributed by atoms with Gasteiger partial charge in [0, 0.05) is 37.2 Å². The highest BCUT2D eigenvalue weighted by Gasteiger charge is 2.30. The average Bonchev–Trinajstić information content (AvgIpc) is 3.37. The molecule has 6 heteroatoms. The molecule has 2 heterocycles. The number of amides is 1. The predicted octanol–water partition coefficient (Wildman–Crippen LogP) is 3.66. The maximum absolute atomic E-state index is 12.5. The van der Waals surface area contributed by atoms with E-state index in [0.717, 1.165) is 49.7 Å². The monoisotopic (exact) mass is 396 g/mol. The molecule has 4 N–H and O–H groups in total. The van der Waals surface area contributed by atoms with Crippen molar-refractivity contribution in [3.63, 3.8) is 0 Å². The maximum Gasteiger partial charge on any atom is 0.227 e. The number of hydrogen-bond acceptors (Lipinski definition) is 5. The Labute approximate surface area is 172 Å². The number of rotatable bonds is 7. The Morgan fingerprint density at radius 1 is 1.17 bits per heavy atom. The molecule has 6 nitrogen and oxygen atoms in total. The highest BCUT2D eigenvalue weighted by atomic mass is 16.3. The van der Waals surface area contributed by atoms with Crippen LogP contribution in [0.25, 0.3) is 0 Å². The van der Waals surface area contributed by atoms with Gasteiger partial charge < -0.3 is 15.1 Å². The molecule has 29 heavy (non-hydrogen) atoms. The van der Waals surface area contributed by atoms with Crippen LogP contribution in [0, 0.1) is 18.8 Å². The summed E-state index contributed by atoms with van der Waals surface area (Å²) in [5, 5.41) is 6.68. The van der Waals surface area contributed by atoms with Gasteiger partial charge in [0.25, 0.3) is 0 Å². The van der Waals surface area contributed by atoms with Crippen LogP contribution in [0.15, 0.2) is 40.8 Å². The Hall–Kier alpha value is -2.15. The van der Waals surface area contributed by atoms with Crippen molar-refractivity contribution in [3.05, 3.63) is 53.5 Å². The molecule has 0 spiro atoms. The van der Waals surface area contributed by atoms with Crippen LogP contribution in [0.1, 0.15) is 55.2 Å². The number of hydrogen-bond donors (Lipinski definition) is 4. The Balaban J connectivity index is 1.27. The Morgan fingerprint density at radius 2 is 2.03 bits per heavy atom. The third-order valence-corrected chi connectivity index (χ3v) is 6.07. The molecule has 0 bridgehead atoms. The zero-order valence-electron chi connectivity index (χ0n) is 17.2. The first-order chi connectivity index (χ1) is 14.2. The molecule has 2 aromatic rings. The summed E-state index contributed by atoms with van der Waals surface area (Å²) in [4.78, 5) is 12.5.